The Balaban J connectivity index is 1.93. The lowest BCUT2D eigenvalue weighted by atomic mass is 10.1. The van der Waals surface area contributed by atoms with Crippen LogP contribution in [0.2, 0.25) is 0 Å². The van der Waals surface area contributed by atoms with Gasteiger partial charge < -0.3 is 9.64 Å². The molecular formula is C12H17ClN2O2S. The number of rotatable bonds is 5. The van der Waals surface area contributed by atoms with Crippen LogP contribution in [0.3, 0.4) is 0 Å². The number of likely N-dealkylation sites (N-methyl/N-ethyl adjacent to an activating group) is 1. The number of hydrogen-bond acceptors (Lipinski definition) is 5. The lowest BCUT2D eigenvalue weighted by Gasteiger charge is -2.27. The van der Waals surface area contributed by atoms with Crippen molar-refractivity contribution < 1.29 is 9.53 Å². The number of alkyl halides is 1. The normalized spacial score (nSPS) is 19.8. The third-order valence-electron chi connectivity index (χ3n) is 2.98. The van der Waals surface area contributed by atoms with E-state index in [2.05, 4.69) is 4.98 Å². The molecule has 4 nitrogen and oxygen atoms in total. The minimum absolute atomic E-state index is 0.0153. The van der Waals surface area contributed by atoms with Crippen molar-refractivity contribution in [3.8, 4) is 0 Å². The van der Waals surface area contributed by atoms with Gasteiger partial charge in [-0.3, -0.25) is 4.79 Å². The van der Waals surface area contributed by atoms with E-state index in [9.17, 15) is 4.79 Å². The molecule has 1 saturated heterocycles. The van der Waals surface area contributed by atoms with Gasteiger partial charge in [0.05, 0.1) is 12.0 Å². The van der Waals surface area contributed by atoms with Crippen LogP contribution in [-0.4, -0.2) is 43.0 Å². The summed E-state index contributed by atoms with van der Waals surface area (Å²) in [6.07, 6.45) is 3.77. The number of nitrogens with zero attached hydrogens (tertiary/aromatic N) is 2. The van der Waals surface area contributed by atoms with Gasteiger partial charge in [-0.1, -0.05) is 0 Å². The average molecular weight is 289 g/mol. The van der Waals surface area contributed by atoms with Gasteiger partial charge in [0.25, 0.3) is 0 Å². The third-order valence-corrected chi connectivity index (χ3v) is 4.17. The van der Waals surface area contributed by atoms with Crippen LogP contribution in [0.15, 0.2) is 5.38 Å². The zero-order chi connectivity index (χ0) is 13.0. The van der Waals surface area contributed by atoms with Crippen LogP contribution in [0, 0.1) is 0 Å². The fourth-order valence-electron chi connectivity index (χ4n) is 1.97. The zero-order valence-corrected chi connectivity index (χ0v) is 12.0. The molecule has 1 fully saturated rings. The summed E-state index contributed by atoms with van der Waals surface area (Å²) >= 11 is 6.98. The fraction of sp³-hybridized carbons (Fsp3) is 0.667. The van der Waals surface area contributed by atoms with E-state index in [4.69, 9.17) is 16.3 Å². The summed E-state index contributed by atoms with van der Waals surface area (Å²) in [4.78, 5) is 17.8. The maximum Gasteiger partial charge on any atom is 0.196 e. The molecule has 6 heteroatoms. The molecule has 0 amide bonds. The van der Waals surface area contributed by atoms with Gasteiger partial charge in [0.15, 0.2) is 10.9 Å². The number of thiazole rings is 1. The van der Waals surface area contributed by atoms with Crippen molar-refractivity contribution in [2.75, 3.05) is 31.0 Å². The lowest BCUT2D eigenvalue weighted by molar-refractivity contribution is 0.0216. The molecule has 1 aliphatic rings. The van der Waals surface area contributed by atoms with Crippen molar-refractivity contribution in [3.05, 3.63) is 11.1 Å². The van der Waals surface area contributed by atoms with E-state index in [0.717, 1.165) is 31.1 Å². The Morgan fingerprint density at radius 2 is 2.50 bits per heavy atom. The fourth-order valence-corrected chi connectivity index (χ4v) is 2.91. The van der Waals surface area contributed by atoms with E-state index < -0.39 is 0 Å². The molecule has 0 aromatic carbocycles. The summed E-state index contributed by atoms with van der Waals surface area (Å²) in [6.45, 7) is 1.67. The van der Waals surface area contributed by atoms with Crippen molar-refractivity contribution in [1.29, 1.82) is 0 Å². The highest BCUT2D eigenvalue weighted by atomic mass is 35.5. The van der Waals surface area contributed by atoms with Crippen molar-refractivity contribution in [3.63, 3.8) is 0 Å². The Kier molecular flexibility index (Phi) is 4.97. The van der Waals surface area contributed by atoms with Crippen LogP contribution >= 0.6 is 22.9 Å². The van der Waals surface area contributed by atoms with Crippen molar-refractivity contribution in [2.24, 2.45) is 0 Å². The Hall–Kier alpha value is -0.650. The first kappa shape index (κ1) is 13.8. The van der Waals surface area contributed by atoms with E-state index >= 15 is 0 Å². The molecule has 1 aromatic heterocycles. The molecule has 0 spiro atoms. The molecule has 18 heavy (non-hydrogen) atoms. The molecule has 2 heterocycles. The summed E-state index contributed by atoms with van der Waals surface area (Å²) in [7, 11) is 1.98. The van der Waals surface area contributed by atoms with Crippen molar-refractivity contribution in [2.45, 2.75) is 25.4 Å². The summed E-state index contributed by atoms with van der Waals surface area (Å²) in [6, 6.07) is 0. The van der Waals surface area contributed by atoms with Gasteiger partial charge in [0, 0.05) is 25.6 Å². The highest BCUT2D eigenvalue weighted by Gasteiger charge is 2.18. The largest absolute Gasteiger partial charge is 0.376 e. The van der Waals surface area contributed by atoms with Crippen LogP contribution in [-0.2, 0) is 4.74 Å². The van der Waals surface area contributed by atoms with Crippen LogP contribution in [0.4, 0.5) is 5.13 Å². The Morgan fingerprint density at radius 3 is 3.17 bits per heavy atom. The molecular weight excluding hydrogens is 272 g/mol. The van der Waals surface area contributed by atoms with E-state index in [1.165, 1.54) is 17.8 Å². The zero-order valence-electron chi connectivity index (χ0n) is 10.4. The van der Waals surface area contributed by atoms with Gasteiger partial charge >= 0.3 is 0 Å². The standard InChI is InChI=1S/C12H17ClN2O2S/c1-15(7-9-4-2-3-5-17-9)12-14-10(8-18-12)11(16)6-13/h8-9H,2-7H2,1H3. The molecule has 1 aromatic rings. The van der Waals surface area contributed by atoms with E-state index in [0.29, 0.717) is 5.69 Å². The first-order valence-corrected chi connectivity index (χ1v) is 7.49. The van der Waals surface area contributed by atoms with Gasteiger partial charge in [-0.2, -0.15) is 0 Å². The maximum absolute atomic E-state index is 11.4. The maximum atomic E-state index is 11.4. The van der Waals surface area contributed by atoms with Crippen LogP contribution in [0.25, 0.3) is 0 Å². The number of carbonyl (C=O) groups is 1. The summed E-state index contributed by atoms with van der Waals surface area (Å²) < 4.78 is 5.69. The van der Waals surface area contributed by atoms with Crippen molar-refractivity contribution in [1.82, 2.24) is 4.98 Å². The molecule has 0 bridgehead atoms. The Morgan fingerprint density at radius 1 is 1.67 bits per heavy atom. The number of hydrogen-bond donors (Lipinski definition) is 0. The van der Waals surface area contributed by atoms with Gasteiger partial charge in [-0.15, -0.1) is 22.9 Å². The minimum atomic E-state index is -0.124. The summed E-state index contributed by atoms with van der Waals surface area (Å²) in [5.74, 6) is -0.139. The average Bonchev–Trinajstić information content (AvgIpc) is 2.88. The number of aromatic nitrogens is 1. The summed E-state index contributed by atoms with van der Waals surface area (Å²) in [5, 5.41) is 2.61. The third kappa shape index (κ3) is 3.43. The Bertz CT molecular complexity index is 405. The predicted octanol–water partition coefficient (Wildman–Crippen LogP) is 2.57. The van der Waals surface area contributed by atoms with E-state index in [1.807, 2.05) is 11.9 Å². The number of halogens is 1. The summed E-state index contributed by atoms with van der Waals surface area (Å²) in [5.41, 5.74) is 0.460. The molecule has 0 N–H and O–H groups in total. The second kappa shape index (κ2) is 6.50. The quantitative estimate of drug-likeness (QED) is 0.617. The molecule has 100 valence electrons. The Labute approximate surface area is 116 Å². The topological polar surface area (TPSA) is 42.4 Å². The highest BCUT2D eigenvalue weighted by molar-refractivity contribution is 7.13. The molecule has 0 radical (unpaired) electrons. The van der Waals surface area contributed by atoms with Gasteiger partial charge in [-0.05, 0) is 19.3 Å². The molecule has 1 aliphatic heterocycles. The number of ketones is 1. The number of anilines is 1. The number of carbonyl (C=O) groups excluding carboxylic acids is 1. The molecule has 1 atom stereocenters. The first-order valence-electron chi connectivity index (χ1n) is 6.08. The van der Waals surface area contributed by atoms with Crippen LogP contribution in [0.5, 0.6) is 0 Å². The monoisotopic (exact) mass is 288 g/mol. The minimum Gasteiger partial charge on any atom is -0.376 e. The van der Waals surface area contributed by atoms with Gasteiger partial charge in [0.2, 0.25) is 0 Å². The smallest absolute Gasteiger partial charge is 0.196 e. The van der Waals surface area contributed by atoms with Gasteiger partial charge in [0.1, 0.15) is 5.69 Å². The van der Waals surface area contributed by atoms with Crippen molar-refractivity contribution >= 4 is 33.9 Å². The SMILES string of the molecule is CN(CC1CCCCO1)c1nc(C(=O)CCl)cs1. The number of ether oxygens (including phenoxy) is 1. The highest BCUT2D eigenvalue weighted by Crippen LogP contribution is 2.22. The van der Waals surface area contributed by atoms with Crippen LogP contribution in [0.1, 0.15) is 29.8 Å². The molecule has 1 unspecified atom stereocenters. The molecule has 2 rings (SSSR count). The van der Waals surface area contributed by atoms with Gasteiger partial charge in [-0.25, -0.2) is 4.98 Å². The number of Topliss-reactive ketones (excluding diaryl/α,β-unsaturated/α-hetero) is 1. The first-order chi connectivity index (χ1) is 8.70. The van der Waals surface area contributed by atoms with Crippen LogP contribution < -0.4 is 4.90 Å². The predicted molar refractivity (Wildman–Crippen MR) is 74.0 cm³/mol. The second-order valence-corrected chi connectivity index (χ2v) is 5.55. The van der Waals surface area contributed by atoms with E-state index in [1.54, 1.807) is 5.38 Å². The molecule has 0 aliphatic carbocycles. The molecule has 0 saturated carbocycles. The lowest BCUT2D eigenvalue weighted by Crippen LogP contribution is -2.33. The van der Waals surface area contributed by atoms with E-state index in [-0.39, 0.29) is 17.8 Å². The second-order valence-electron chi connectivity index (χ2n) is 4.44.